The van der Waals surface area contributed by atoms with Crippen molar-refractivity contribution in [2.75, 3.05) is 0 Å². The molecule has 2 rings (SSSR count). The van der Waals surface area contributed by atoms with E-state index in [9.17, 15) is 0 Å². The molecule has 1 aliphatic rings. The Hall–Kier alpha value is -0.418. The van der Waals surface area contributed by atoms with Crippen LogP contribution in [0.3, 0.4) is 0 Å². The topological polar surface area (TPSA) is 23.8 Å². The van der Waals surface area contributed by atoms with Crippen molar-refractivity contribution in [1.29, 1.82) is 0 Å². The first-order chi connectivity index (χ1) is 8.05. The van der Waals surface area contributed by atoms with Crippen LogP contribution in [0.4, 0.5) is 0 Å². The Morgan fingerprint density at radius 2 is 2.06 bits per heavy atom. The molecule has 0 amide bonds. The van der Waals surface area contributed by atoms with Crippen molar-refractivity contribution in [2.45, 2.75) is 51.5 Å². The summed E-state index contributed by atoms with van der Waals surface area (Å²) in [7, 11) is 0. The Kier molecular flexibility index (Phi) is 5.35. The molecule has 99 valence electrons. The van der Waals surface area contributed by atoms with Crippen molar-refractivity contribution in [2.24, 2.45) is 0 Å². The zero-order valence-electron chi connectivity index (χ0n) is 11.5. The summed E-state index contributed by atoms with van der Waals surface area (Å²) in [4.78, 5) is 0. The van der Waals surface area contributed by atoms with Crippen LogP contribution in [0.2, 0.25) is 0 Å². The molecule has 1 atom stereocenters. The summed E-state index contributed by atoms with van der Waals surface area (Å²) in [6, 6.07) is 6.69. The van der Waals surface area contributed by atoms with Crippen molar-refractivity contribution in [1.82, 2.24) is 0 Å². The van der Waals surface area contributed by atoms with Crippen LogP contribution in [0.15, 0.2) is 24.3 Å². The second kappa shape index (κ2) is 6.15. The van der Waals surface area contributed by atoms with Crippen molar-refractivity contribution in [3.05, 3.63) is 46.7 Å². The molecule has 1 nitrogen and oxygen atoms in total. The molecule has 0 saturated carbocycles. The molecule has 1 aromatic rings. The fourth-order valence-electron chi connectivity index (χ4n) is 2.51. The molecule has 0 aromatic heterocycles. The van der Waals surface area contributed by atoms with Crippen LogP contribution >= 0.6 is 0 Å². The molecule has 0 bridgehead atoms. The van der Waals surface area contributed by atoms with Gasteiger partial charge in [0.15, 0.2) is 0 Å². The van der Waals surface area contributed by atoms with E-state index in [1.165, 1.54) is 16.7 Å². The van der Waals surface area contributed by atoms with Gasteiger partial charge in [0.1, 0.15) is 0 Å². The maximum atomic E-state index is 8.29. The summed E-state index contributed by atoms with van der Waals surface area (Å²) >= 11 is 0. The van der Waals surface area contributed by atoms with E-state index < -0.39 is 0 Å². The van der Waals surface area contributed by atoms with Crippen LogP contribution < -0.4 is 0 Å². The second-order valence-electron chi connectivity index (χ2n) is 5.58. The monoisotopic (exact) mass is 415 g/mol. The summed E-state index contributed by atoms with van der Waals surface area (Å²) in [5, 5.41) is 0. The van der Waals surface area contributed by atoms with Gasteiger partial charge < -0.3 is 5.73 Å². The van der Waals surface area contributed by atoms with Gasteiger partial charge in [0.05, 0.1) is 0 Å². The SMILES string of the molecule is CCCC([NH-])C(C)(C)c1ccc2c(c1)CC=C2.[Re]. The first-order valence-electron chi connectivity index (χ1n) is 6.56. The van der Waals surface area contributed by atoms with Crippen molar-refractivity contribution < 1.29 is 20.4 Å². The molecule has 1 N–H and O–H groups in total. The summed E-state index contributed by atoms with van der Waals surface area (Å²) < 4.78 is 0. The molecule has 0 fully saturated rings. The van der Waals surface area contributed by atoms with Crippen molar-refractivity contribution in [3.8, 4) is 0 Å². The zero-order chi connectivity index (χ0) is 12.5. The van der Waals surface area contributed by atoms with Crippen LogP contribution in [0.25, 0.3) is 11.8 Å². The molecule has 0 heterocycles. The molecular weight excluding hydrogens is 392 g/mol. The molecule has 1 aliphatic carbocycles. The van der Waals surface area contributed by atoms with Gasteiger partial charge in [-0.15, -0.1) is 6.04 Å². The van der Waals surface area contributed by atoms with E-state index in [0.29, 0.717) is 0 Å². The van der Waals surface area contributed by atoms with Gasteiger partial charge in [0.25, 0.3) is 0 Å². The van der Waals surface area contributed by atoms with E-state index >= 15 is 0 Å². The van der Waals surface area contributed by atoms with Crippen LogP contribution in [0, 0.1) is 0 Å². The predicted octanol–water partition coefficient (Wildman–Crippen LogP) is 4.75. The van der Waals surface area contributed by atoms with E-state index in [2.05, 4.69) is 51.1 Å². The van der Waals surface area contributed by atoms with E-state index in [0.717, 1.165) is 19.3 Å². The van der Waals surface area contributed by atoms with Gasteiger partial charge >= 0.3 is 0 Å². The van der Waals surface area contributed by atoms with Gasteiger partial charge in [0, 0.05) is 20.4 Å². The number of nitrogens with one attached hydrogen (secondary N) is 1. The third-order valence-corrected chi connectivity index (χ3v) is 3.97. The number of hydrogen-bond donors (Lipinski definition) is 0. The number of allylic oxidation sites excluding steroid dienone is 1. The van der Waals surface area contributed by atoms with Gasteiger partial charge in [-0.2, -0.15) is 0 Å². The van der Waals surface area contributed by atoms with E-state index in [4.69, 9.17) is 5.73 Å². The number of fused-ring (bicyclic) bond motifs is 1. The minimum atomic E-state index is -0.0480. The standard InChI is InChI=1S/C16H22N.Re/c1-4-6-15(17)16(2,3)14-10-9-12-7-5-8-13(12)11-14;/h5,7,9-11,15,17H,4,6,8H2,1-3H3;/q-1;. The molecule has 1 radical (unpaired) electrons. The summed E-state index contributed by atoms with van der Waals surface area (Å²) in [6.45, 7) is 6.55. The first kappa shape index (κ1) is 15.6. The van der Waals surface area contributed by atoms with Gasteiger partial charge in [-0.25, -0.2) is 0 Å². The zero-order valence-corrected chi connectivity index (χ0v) is 14.2. The fraction of sp³-hybridized carbons (Fsp3) is 0.500. The molecule has 1 unspecified atom stereocenters. The minimum Gasteiger partial charge on any atom is -0.674 e. The smallest absolute Gasteiger partial charge is 0 e. The number of rotatable bonds is 4. The van der Waals surface area contributed by atoms with Crippen molar-refractivity contribution >= 4 is 6.08 Å². The average molecular weight is 415 g/mol. The normalized spacial score (nSPS) is 15.1. The van der Waals surface area contributed by atoms with E-state index in [1.54, 1.807) is 0 Å². The Bertz CT molecular complexity index is 435. The van der Waals surface area contributed by atoms with E-state index in [-0.39, 0.29) is 31.9 Å². The first-order valence-corrected chi connectivity index (χ1v) is 6.56. The Labute approximate surface area is 125 Å². The fourth-order valence-corrected chi connectivity index (χ4v) is 2.51. The summed E-state index contributed by atoms with van der Waals surface area (Å²) in [5.74, 6) is 0. The van der Waals surface area contributed by atoms with Gasteiger partial charge in [-0.1, -0.05) is 64.0 Å². The maximum absolute atomic E-state index is 8.29. The van der Waals surface area contributed by atoms with Gasteiger partial charge in [-0.3, -0.25) is 0 Å². The van der Waals surface area contributed by atoms with Crippen LogP contribution in [-0.2, 0) is 32.3 Å². The van der Waals surface area contributed by atoms with Crippen LogP contribution in [0.1, 0.15) is 50.3 Å². The largest absolute Gasteiger partial charge is 0.674 e. The summed E-state index contributed by atoms with van der Waals surface area (Å²) in [5.41, 5.74) is 12.3. The quantitative estimate of drug-likeness (QED) is 0.679. The Balaban J connectivity index is 0.00000162. The second-order valence-corrected chi connectivity index (χ2v) is 5.58. The Morgan fingerprint density at radius 3 is 2.72 bits per heavy atom. The van der Waals surface area contributed by atoms with Crippen molar-refractivity contribution in [3.63, 3.8) is 0 Å². The molecule has 0 spiro atoms. The predicted molar refractivity (Wildman–Crippen MR) is 75.2 cm³/mol. The third kappa shape index (κ3) is 2.94. The third-order valence-electron chi connectivity index (χ3n) is 3.97. The number of hydrogen-bond acceptors (Lipinski definition) is 0. The number of benzene rings is 1. The van der Waals surface area contributed by atoms with Gasteiger partial charge in [-0.05, 0) is 28.5 Å². The van der Waals surface area contributed by atoms with Gasteiger partial charge in [0.2, 0.25) is 0 Å². The average Bonchev–Trinajstić information content (AvgIpc) is 2.76. The molecular formula is C16H22NRe-. The summed E-state index contributed by atoms with van der Waals surface area (Å²) in [6.07, 6.45) is 7.52. The molecule has 2 heteroatoms. The van der Waals surface area contributed by atoms with Crippen LogP contribution in [-0.4, -0.2) is 6.04 Å². The molecule has 1 aromatic carbocycles. The molecule has 0 saturated heterocycles. The van der Waals surface area contributed by atoms with E-state index in [1.807, 2.05) is 0 Å². The molecule has 0 aliphatic heterocycles. The van der Waals surface area contributed by atoms with Crippen LogP contribution in [0.5, 0.6) is 0 Å². The Morgan fingerprint density at radius 1 is 1.33 bits per heavy atom. The molecule has 18 heavy (non-hydrogen) atoms. The minimum absolute atomic E-state index is 0. The maximum Gasteiger partial charge on any atom is 0 e.